The first kappa shape index (κ1) is 22.6. The number of anilines is 1. The highest BCUT2D eigenvalue weighted by Crippen LogP contribution is 2.25. The van der Waals surface area contributed by atoms with Gasteiger partial charge in [0, 0.05) is 36.1 Å². The number of aromatic nitrogens is 1. The third kappa shape index (κ3) is 6.20. The number of hydrogen-bond acceptors (Lipinski definition) is 2. The van der Waals surface area contributed by atoms with Gasteiger partial charge in [0.2, 0.25) is 5.91 Å². The van der Waals surface area contributed by atoms with Crippen LogP contribution in [0.1, 0.15) is 56.1 Å². The summed E-state index contributed by atoms with van der Waals surface area (Å²) in [6, 6.07) is 17.8. The van der Waals surface area contributed by atoms with Crippen LogP contribution in [-0.2, 0) is 17.8 Å². The molecule has 0 saturated heterocycles. The molecule has 2 aromatic carbocycles. The number of benzene rings is 2. The summed E-state index contributed by atoms with van der Waals surface area (Å²) in [4.78, 5) is 25.2. The summed E-state index contributed by atoms with van der Waals surface area (Å²) in [7, 11) is 0. The fourth-order valence-corrected chi connectivity index (χ4v) is 3.61. The third-order valence-corrected chi connectivity index (χ3v) is 5.31. The normalized spacial score (nSPS) is 11.1. The van der Waals surface area contributed by atoms with Crippen LogP contribution in [0.2, 0.25) is 0 Å². The van der Waals surface area contributed by atoms with Gasteiger partial charge in [-0.05, 0) is 48.6 Å². The Labute approximate surface area is 184 Å². The topological polar surface area (TPSA) is 63.1 Å². The van der Waals surface area contributed by atoms with Crippen molar-refractivity contribution < 1.29 is 9.59 Å². The summed E-state index contributed by atoms with van der Waals surface area (Å²) >= 11 is 0. The van der Waals surface area contributed by atoms with Gasteiger partial charge in [0.15, 0.2) is 0 Å². The molecule has 0 saturated carbocycles. The Morgan fingerprint density at radius 2 is 1.81 bits per heavy atom. The molecule has 31 heavy (non-hydrogen) atoms. The SMILES string of the molecule is CCCCn1c(C(=O)NCC(C)C)cc2cc(NC(=O)CCc3ccccc3)ccc21. The van der Waals surface area contributed by atoms with Gasteiger partial charge >= 0.3 is 0 Å². The van der Waals surface area contributed by atoms with E-state index in [1.165, 1.54) is 0 Å². The number of rotatable bonds is 10. The molecule has 0 fully saturated rings. The summed E-state index contributed by atoms with van der Waals surface area (Å²) in [5, 5.41) is 6.99. The summed E-state index contributed by atoms with van der Waals surface area (Å²) in [6.45, 7) is 7.76. The van der Waals surface area contributed by atoms with Gasteiger partial charge in [-0.1, -0.05) is 57.5 Å². The van der Waals surface area contributed by atoms with Crippen LogP contribution >= 0.6 is 0 Å². The van der Waals surface area contributed by atoms with E-state index in [0.717, 1.165) is 41.5 Å². The zero-order valence-corrected chi connectivity index (χ0v) is 18.8. The summed E-state index contributed by atoms with van der Waals surface area (Å²) < 4.78 is 2.09. The van der Waals surface area contributed by atoms with Crippen LogP contribution in [0, 0.1) is 5.92 Å². The molecule has 1 heterocycles. The van der Waals surface area contributed by atoms with E-state index in [2.05, 4.69) is 36.0 Å². The molecule has 0 radical (unpaired) electrons. The van der Waals surface area contributed by atoms with E-state index in [1.807, 2.05) is 54.6 Å². The van der Waals surface area contributed by atoms with Gasteiger partial charge < -0.3 is 15.2 Å². The van der Waals surface area contributed by atoms with Gasteiger partial charge in [-0.15, -0.1) is 0 Å². The second-order valence-corrected chi connectivity index (χ2v) is 8.45. The van der Waals surface area contributed by atoms with Crippen LogP contribution in [0.3, 0.4) is 0 Å². The van der Waals surface area contributed by atoms with Crippen molar-refractivity contribution in [3.05, 3.63) is 65.9 Å². The molecule has 3 rings (SSSR count). The van der Waals surface area contributed by atoms with Crippen molar-refractivity contribution in [1.29, 1.82) is 0 Å². The largest absolute Gasteiger partial charge is 0.351 e. The first-order chi connectivity index (χ1) is 15.0. The van der Waals surface area contributed by atoms with Gasteiger partial charge in [-0.25, -0.2) is 0 Å². The zero-order chi connectivity index (χ0) is 22.2. The van der Waals surface area contributed by atoms with E-state index < -0.39 is 0 Å². The molecule has 1 aromatic heterocycles. The number of fused-ring (bicyclic) bond motifs is 1. The molecule has 0 aliphatic carbocycles. The van der Waals surface area contributed by atoms with Crippen molar-refractivity contribution in [2.24, 2.45) is 5.92 Å². The maximum atomic E-state index is 12.8. The Morgan fingerprint density at radius 3 is 2.52 bits per heavy atom. The van der Waals surface area contributed by atoms with Crippen LogP contribution in [0.5, 0.6) is 0 Å². The minimum atomic E-state index is -0.0468. The number of nitrogens with one attached hydrogen (secondary N) is 2. The number of hydrogen-bond donors (Lipinski definition) is 2. The molecule has 0 atom stereocenters. The molecule has 0 bridgehead atoms. The fraction of sp³-hybridized carbons (Fsp3) is 0.385. The number of aryl methyl sites for hydroxylation is 2. The van der Waals surface area contributed by atoms with Crippen LogP contribution in [0.25, 0.3) is 10.9 Å². The van der Waals surface area contributed by atoms with Gasteiger partial charge in [0.1, 0.15) is 5.69 Å². The standard InChI is InChI=1S/C26H33N3O2/c1-4-5-15-29-23-13-12-22(28-25(30)14-11-20-9-7-6-8-10-20)16-21(23)17-24(29)26(31)27-18-19(2)3/h6-10,12-13,16-17,19H,4-5,11,14-15,18H2,1-3H3,(H,27,31)(H,28,30). The molecule has 0 spiro atoms. The maximum absolute atomic E-state index is 12.8. The van der Waals surface area contributed by atoms with Crippen molar-refractivity contribution in [1.82, 2.24) is 9.88 Å². The number of nitrogens with zero attached hydrogens (tertiary/aromatic N) is 1. The molecule has 5 heteroatoms. The van der Waals surface area contributed by atoms with E-state index in [1.54, 1.807) is 0 Å². The van der Waals surface area contributed by atoms with E-state index in [9.17, 15) is 9.59 Å². The molecule has 2 N–H and O–H groups in total. The predicted octanol–water partition coefficient (Wildman–Crippen LogP) is 5.40. The Bertz CT molecular complexity index is 1020. The Morgan fingerprint density at radius 1 is 1.03 bits per heavy atom. The Hall–Kier alpha value is -3.08. The summed E-state index contributed by atoms with van der Waals surface area (Å²) in [5.74, 6) is 0.341. The van der Waals surface area contributed by atoms with E-state index in [0.29, 0.717) is 31.0 Å². The van der Waals surface area contributed by atoms with Crippen molar-refractivity contribution in [3.8, 4) is 0 Å². The van der Waals surface area contributed by atoms with Crippen molar-refractivity contribution in [3.63, 3.8) is 0 Å². The minimum Gasteiger partial charge on any atom is -0.351 e. The second-order valence-electron chi connectivity index (χ2n) is 8.45. The van der Waals surface area contributed by atoms with Crippen LogP contribution in [0.4, 0.5) is 5.69 Å². The lowest BCUT2D eigenvalue weighted by molar-refractivity contribution is -0.116. The van der Waals surface area contributed by atoms with E-state index in [4.69, 9.17) is 0 Å². The van der Waals surface area contributed by atoms with Gasteiger partial charge in [-0.3, -0.25) is 9.59 Å². The molecule has 0 aliphatic rings. The van der Waals surface area contributed by atoms with Gasteiger partial charge in [0.25, 0.3) is 5.91 Å². The summed E-state index contributed by atoms with van der Waals surface area (Å²) in [6.07, 6.45) is 3.21. The fourth-order valence-electron chi connectivity index (χ4n) is 3.61. The number of unbranched alkanes of at least 4 members (excludes halogenated alkanes) is 1. The lowest BCUT2D eigenvalue weighted by Gasteiger charge is -2.12. The lowest BCUT2D eigenvalue weighted by Crippen LogP contribution is -2.29. The Balaban J connectivity index is 1.75. The predicted molar refractivity (Wildman–Crippen MR) is 127 cm³/mol. The van der Waals surface area contributed by atoms with Gasteiger partial charge in [-0.2, -0.15) is 0 Å². The van der Waals surface area contributed by atoms with Crippen molar-refractivity contribution in [2.45, 2.75) is 53.0 Å². The van der Waals surface area contributed by atoms with Crippen LogP contribution < -0.4 is 10.6 Å². The van der Waals surface area contributed by atoms with Crippen LogP contribution in [-0.4, -0.2) is 22.9 Å². The maximum Gasteiger partial charge on any atom is 0.267 e. The molecule has 164 valence electrons. The zero-order valence-electron chi connectivity index (χ0n) is 18.8. The average Bonchev–Trinajstić information content (AvgIpc) is 3.13. The molecular weight excluding hydrogens is 386 g/mol. The Kier molecular flexibility index (Phi) is 7.88. The number of amides is 2. The molecule has 0 unspecified atom stereocenters. The lowest BCUT2D eigenvalue weighted by atomic mass is 10.1. The number of carbonyl (C=O) groups excluding carboxylic acids is 2. The summed E-state index contributed by atoms with van der Waals surface area (Å²) in [5.41, 5.74) is 3.60. The highest BCUT2D eigenvalue weighted by Gasteiger charge is 2.16. The molecule has 2 amide bonds. The monoisotopic (exact) mass is 419 g/mol. The molecule has 3 aromatic rings. The van der Waals surface area contributed by atoms with E-state index >= 15 is 0 Å². The molecule has 5 nitrogen and oxygen atoms in total. The molecule has 0 aliphatic heterocycles. The van der Waals surface area contributed by atoms with Crippen molar-refractivity contribution >= 4 is 28.4 Å². The van der Waals surface area contributed by atoms with Crippen molar-refractivity contribution in [2.75, 3.05) is 11.9 Å². The number of carbonyl (C=O) groups is 2. The first-order valence-corrected chi connectivity index (χ1v) is 11.2. The van der Waals surface area contributed by atoms with Gasteiger partial charge in [0.05, 0.1) is 0 Å². The molecular formula is C26H33N3O2. The van der Waals surface area contributed by atoms with E-state index in [-0.39, 0.29) is 11.8 Å². The minimum absolute atomic E-state index is 0.0106. The highest BCUT2D eigenvalue weighted by molar-refractivity contribution is 6.00. The third-order valence-electron chi connectivity index (χ3n) is 5.31. The second kappa shape index (κ2) is 10.8. The average molecular weight is 420 g/mol. The van der Waals surface area contributed by atoms with Crippen LogP contribution in [0.15, 0.2) is 54.6 Å². The first-order valence-electron chi connectivity index (χ1n) is 11.2. The quantitative estimate of drug-likeness (QED) is 0.462. The smallest absolute Gasteiger partial charge is 0.267 e. The highest BCUT2D eigenvalue weighted by atomic mass is 16.2.